The molecule has 0 saturated heterocycles. The monoisotopic (exact) mass is 401 g/mol. The largest absolute Gasteiger partial charge is 0.336 e. The van der Waals surface area contributed by atoms with Crippen molar-refractivity contribution in [1.29, 1.82) is 0 Å². The van der Waals surface area contributed by atoms with Crippen molar-refractivity contribution in [3.05, 3.63) is 128 Å². The van der Waals surface area contributed by atoms with Gasteiger partial charge in [0.25, 0.3) is 0 Å². The van der Waals surface area contributed by atoms with Gasteiger partial charge >= 0.3 is 17.1 Å². The van der Waals surface area contributed by atoms with E-state index in [1.165, 1.54) is 6.08 Å². The van der Waals surface area contributed by atoms with Gasteiger partial charge in [0, 0.05) is 0 Å². The van der Waals surface area contributed by atoms with Gasteiger partial charge in [0.2, 0.25) is 0 Å². The number of allylic oxidation sites excluding steroid dienone is 1. The summed E-state index contributed by atoms with van der Waals surface area (Å²) < 4.78 is 3.17. The summed E-state index contributed by atoms with van der Waals surface area (Å²) in [5.74, 6) is 0. The molecule has 6 heteroatoms. The molecule has 0 saturated carbocycles. The van der Waals surface area contributed by atoms with Crippen molar-refractivity contribution in [2.45, 2.75) is 19.6 Å². The summed E-state index contributed by atoms with van der Waals surface area (Å²) in [5, 5.41) is 0. The second-order valence-corrected chi connectivity index (χ2v) is 6.81. The van der Waals surface area contributed by atoms with Gasteiger partial charge in [0.15, 0.2) is 0 Å². The summed E-state index contributed by atoms with van der Waals surface area (Å²) in [7, 11) is 0. The summed E-state index contributed by atoms with van der Waals surface area (Å²) >= 11 is 0. The third-order valence-electron chi connectivity index (χ3n) is 4.81. The lowest BCUT2D eigenvalue weighted by Crippen LogP contribution is -2.54. The van der Waals surface area contributed by atoms with Gasteiger partial charge in [-0.2, -0.15) is 0 Å². The fourth-order valence-electron chi connectivity index (χ4n) is 3.12. The fourth-order valence-corrected chi connectivity index (χ4v) is 3.12. The summed E-state index contributed by atoms with van der Waals surface area (Å²) in [5.41, 5.74) is 1.44. The van der Waals surface area contributed by atoms with Crippen LogP contribution < -0.4 is 17.1 Å². The van der Waals surface area contributed by atoms with E-state index in [0.717, 1.165) is 36.0 Å². The molecule has 2 aromatic carbocycles. The lowest BCUT2D eigenvalue weighted by Gasteiger charge is -2.13. The number of hydrogen-bond donors (Lipinski definition) is 0. The van der Waals surface area contributed by atoms with E-state index in [1.807, 2.05) is 48.5 Å². The van der Waals surface area contributed by atoms with E-state index in [1.54, 1.807) is 12.2 Å². The second-order valence-electron chi connectivity index (χ2n) is 6.81. The molecular weight excluding hydrogens is 378 g/mol. The Hall–Kier alpha value is -3.93. The van der Waals surface area contributed by atoms with Gasteiger partial charge in [0.05, 0.1) is 19.6 Å². The normalized spacial score (nSPS) is 10.5. The Morgan fingerprint density at radius 3 is 1.30 bits per heavy atom. The predicted molar refractivity (Wildman–Crippen MR) is 121 cm³/mol. The Morgan fingerprint density at radius 2 is 0.967 bits per heavy atom. The SMILES string of the molecule is C=CCn1c(=O)n(Cc2ccc(C=C)cc2)c(=O)n(Cc2ccc(C=C)cc2)c1=O. The Balaban J connectivity index is 2.11. The molecule has 0 atom stereocenters. The number of aromatic nitrogens is 3. The summed E-state index contributed by atoms with van der Waals surface area (Å²) in [6.07, 6.45) is 4.88. The van der Waals surface area contributed by atoms with Crippen molar-refractivity contribution < 1.29 is 0 Å². The molecule has 0 amide bonds. The van der Waals surface area contributed by atoms with Gasteiger partial charge < -0.3 is 0 Å². The topological polar surface area (TPSA) is 66.0 Å². The molecule has 152 valence electrons. The van der Waals surface area contributed by atoms with Crippen molar-refractivity contribution in [3.8, 4) is 0 Å². The minimum Gasteiger partial charge on any atom is -0.247 e. The van der Waals surface area contributed by atoms with Crippen molar-refractivity contribution in [3.63, 3.8) is 0 Å². The third kappa shape index (κ3) is 4.22. The zero-order chi connectivity index (χ0) is 21.7. The zero-order valence-electron chi connectivity index (χ0n) is 16.7. The van der Waals surface area contributed by atoms with Crippen LogP contribution in [-0.4, -0.2) is 13.7 Å². The lowest BCUT2D eigenvalue weighted by molar-refractivity contribution is 0.495. The first-order valence-electron chi connectivity index (χ1n) is 9.46. The predicted octanol–water partition coefficient (Wildman–Crippen LogP) is 2.74. The van der Waals surface area contributed by atoms with E-state index in [2.05, 4.69) is 19.7 Å². The maximum Gasteiger partial charge on any atom is 0.336 e. The Morgan fingerprint density at radius 1 is 0.600 bits per heavy atom. The first-order chi connectivity index (χ1) is 14.5. The molecule has 0 fully saturated rings. The summed E-state index contributed by atoms with van der Waals surface area (Å²) in [6.45, 7) is 11.2. The molecule has 0 N–H and O–H groups in total. The van der Waals surface area contributed by atoms with Crippen LogP contribution in [0.15, 0.2) is 88.7 Å². The molecule has 0 aliphatic rings. The standard InChI is InChI=1S/C24H23N3O3/c1-4-15-25-22(28)26(16-20-11-7-18(5-2)8-12-20)24(30)27(23(25)29)17-21-13-9-19(6-3)10-14-21/h4-14H,1-3,15-17H2. The molecule has 0 bridgehead atoms. The Labute approximate surface area is 174 Å². The molecule has 0 radical (unpaired) electrons. The summed E-state index contributed by atoms with van der Waals surface area (Å²) in [6, 6.07) is 14.7. The van der Waals surface area contributed by atoms with E-state index in [0.29, 0.717) is 0 Å². The van der Waals surface area contributed by atoms with Crippen LogP contribution in [0.5, 0.6) is 0 Å². The van der Waals surface area contributed by atoms with Crippen LogP contribution in [0.2, 0.25) is 0 Å². The van der Waals surface area contributed by atoms with Crippen LogP contribution in [0.3, 0.4) is 0 Å². The smallest absolute Gasteiger partial charge is 0.247 e. The second kappa shape index (κ2) is 9.05. The molecule has 0 aliphatic carbocycles. The Bertz CT molecular complexity index is 1170. The molecule has 0 spiro atoms. The molecule has 3 aromatic rings. The van der Waals surface area contributed by atoms with Crippen LogP contribution in [0.25, 0.3) is 12.2 Å². The van der Waals surface area contributed by atoms with Gasteiger partial charge in [-0.3, -0.25) is 0 Å². The number of hydrogen-bond acceptors (Lipinski definition) is 3. The first kappa shape index (κ1) is 20.8. The van der Waals surface area contributed by atoms with Crippen LogP contribution in [-0.2, 0) is 19.6 Å². The average molecular weight is 401 g/mol. The van der Waals surface area contributed by atoms with E-state index in [4.69, 9.17) is 0 Å². The van der Waals surface area contributed by atoms with E-state index < -0.39 is 17.1 Å². The van der Waals surface area contributed by atoms with E-state index >= 15 is 0 Å². The lowest BCUT2D eigenvalue weighted by atomic mass is 10.1. The average Bonchev–Trinajstić information content (AvgIpc) is 2.78. The van der Waals surface area contributed by atoms with Crippen molar-refractivity contribution in [1.82, 2.24) is 13.7 Å². The number of rotatable bonds is 8. The number of benzene rings is 2. The van der Waals surface area contributed by atoms with Crippen LogP contribution in [0.4, 0.5) is 0 Å². The Kier molecular flexibility index (Phi) is 6.27. The van der Waals surface area contributed by atoms with E-state index in [-0.39, 0.29) is 19.6 Å². The summed E-state index contributed by atoms with van der Waals surface area (Å²) in [4.78, 5) is 38.8. The highest BCUT2D eigenvalue weighted by molar-refractivity contribution is 5.47. The fraction of sp³-hybridized carbons (Fsp3) is 0.125. The maximum atomic E-state index is 13.1. The highest BCUT2D eigenvalue weighted by Crippen LogP contribution is 2.07. The van der Waals surface area contributed by atoms with Gasteiger partial charge in [-0.25, -0.2) is 28.1 Å². The van der Waals surface area contributed by atoms with Crippen molar-refractivity contribution in [2.75, 3.05) is 0 Å². The third-order valence-corrected chi connectivity index (χ3v) is 4.81. The molecular formula is C24H23N3O3. The molecule has 0 aliphatic heterocycles. The van der Waals surface area contributed by atoms with Crippen LogP contribution in [0.1, 0.15) is 22.3 Å². The zero-order valence-corrected chi connectivity index (χ0v) is 16.7. The highest BCUT2D eigenvalue weighted by Gasteiger charge is 2.15. The maximum absolute atomic E-state index is 13.1. The van der Waals surface area contributed by atoms with Crippen LogP contribution in [0, 0.1) is 0 Å². The molecule has 1 heterocycles. The highest BCUT2D eigenvalue weighted by atomic mass is 16.2. The first-order valence-corrected chi connectivity index (χ1v) is 9.46. The quantitative estimate of drug-likeness (QED) is 0.545. The van der Waals surface area contributed by atoms with Crippen molar-refractivity contribution in [2.24, 2.45) is 0 Å². The molecule has 6 nitrogen and oxygen atoms in total. The molecule has 1 aromatic heterocycles. The minimum absolute atomic E-state index is 0.0166. The van der Waals surface area contributed by atoms with E-state index in [9.17, 15) is 14.4 Å². The minimum atomic E-state index is -0.657. The van der Waals surface area contributed by atoms with Crippen LogP contribution >= 0.6 is 0 Å². The number of nitrogens with zero attached hydrogens (tertiary/aromatic N) is 3. The molecule has 30 heavy (non-hydrogen) atoms. The van der Waals surface area contributed by atoms with Gasteiger partial charge in [-0.15, -0.1) is 6.58 Å². The van der Waals surface area contributed by atoms with Crippen molar-refractivity contribution >= 4 is 12.2 Å². The van der Waals surface area contributed by atoms with Gasteiger partial charge in [-0.05, 0) is 22.3 Å². The molecule has 3 rings (SSSR count). The van der Waals surface area contributed by atoms with Gasteiger partial charge in [0.1, 0.15) is 0 Å². The van der Waals surface area contributed by atoms with Gasteiger partial charge in [-0.1, -0.05) is 79.9 Å². The molecule has 0 unspecified atom stereocenters.